The first-order valence-electron chi connectivity index (χ1n) is 3.82. The van der Waals surface area contributed by atoms with Gasteiger partial charge in [-0.1, -0.05) is 6.58 Å². The summed E-state index contributed by atoms with van der Waals surface area (Å²) < 4.78 is 10.3. The van der Waals surface area contributed by atoms with E-state index in [1.165, 1.54) is 0 Å². The monoisotopic (exact) mass is 152 g/mol. The zero-order chi connectivity index (χ0) is 7.59. The quantitative estimate of drug-likeness (QED) is 0.284. The van der Waals surface area contributed by atoms with Gasteiger partial charge in [-0.2, -0.15) is 0 Å². The fraction of sp³-hybridized carbons (Fsp3) is 0.625. The first kappa shape index (κ1) is 5.77. The van der Waals surface area contributed by atoms with Gasteiger partial charge in [0.2, 0.25) is 0 Å². The fourth-order valence-corrected chi connectivity index (χ4v) is 2.09. The minimum Gasteiger partial charge on any atom is -0.455 e. The van der Waals surface area contributed by atoms with E-state index < -0.39 is 0 Å². The summed E-state index contributed by atoms with van der Waals surface area (Å²) >= 11 is 0. The van der Waals surface area contributed by atoms with Gasteiger partial charge in [-0.25, -0.2) is 4.79 Å². The second kappa shape index (κ2) is 1.50. The molecule has 0 bridgehead atoms. The predicted octanol–water partition coefficient (Wildman–Crippen LogP) is 0.255. The zero-order valence-electron chi connectivity index (χ0n) is 5.95. The average molecular weight is 152 g/mol. The lowest BCUT2D eigenvalue weighted by Gasteiger charge is -2.07. The Balaban J connectivity index is 1.96. The van der Waals surface area contributed by atoms with E-state index in [9.17, 15) is 4.79 Å². The standard InChI is InChI=1S/C8H8O3/c1-3-4-2-5-7(10-5)6(4)11-8(3)9/h4-7H,1-2H2. The minimum atomic E-state index is -0.228. The molecule has 2 aliphatic heterocycles. The van der Waals surface area contributed by atoms with Crippen molar-refractivity contribution in [2.75, 3.05) is 0 Å². The third-order valence-electron chi connectivity index (χ3n) is 2.78. The summed E-state index contributed by atoms with van der Waals surface area (Å²) in [6.07, 6.45) is 1.48. The normalized spacial score (nSPS) is 52.0. The van der Waals surface area contributed by atoms with Gasteiger partial charge >= 0.3 is 5.97 Å². The number of fused-ring (bicyclic) bond motifs is 3. The van der Waals surface area contributed by atoms with Crippen LogP contribution in [-0.2, 0) is 14.3 Å². The zero-order valence-corrected chi connectivity index (χ0v) is 5.95. The van der Waals surface area contributed by atoms with Crippen LogP contribution < -0.4 is 0 Å². The molecular weight excluding hydrogens is 144 g/mol. The molecule has 3 rings (SSSR count). The van der Waals surface area contributed by atoms with Crippen molar-refractivity contribution in [2.45, 2.75) is 24.7 Å². The van der Waals surface area contributed by atoms with Gasteiger partial charge in [-0.05, 0) is 6.42 Å². The van der Waals surface area contributed by atoms with Crippen molar-refractivity contribution in [2.24, 2.45) is 5.92 Å². The smallest absolute Gasteiger partial charge is 0.334 e. The number of hydrogen-bond acceptors (Lipinski definition) is 3. The Bertz CT molecular complexity index is 258. The number of hydrogen-bond donors (Lipinski definition) is 0. The van der Waals surface area contributed by atoms with E-state index in [1.54, 1.807) is 0 Å². The van der Waals surface area contributed by atoms with Gasteiger partial charge in [0, 0.05) is 11.5 Å². The van der Waals surface area contributed by atoms with Gasteiger partial charge < -0.3 is 9.47 Å². The third-order valence-corrected chi connectivity index (χ3v) is 2.78. The van der Waals surface area contributed by atoms with Crippen LogP contribution in [0, 0.1) is 5.92 Å². The first-order valence-corrected chi connectivity index (χ1v) is 3.82. The average Bonchev–Trinajstić information content (AvgIpc) is 2.59. The van der Waals surface area contributed by atoms with Gasteiger partial charge in [-0.15, -0.1) is 0 Å². The van der Waals surface area contributed by atoms with Crippen molar-refractivity contribution in [1.29, 1.82) is 0 Å². The first-order chi connectivity index (χ1) is 5.27. The van der Waals surface area contributed by atoms with E-state index in [2.05, 4.69) is 6.58 Å². The van der Waals surface area contributed by atoms with Crippen LogP contribution in [0.15, 0.2) is 12.2 Å². The Morgan fingerprint density at radius 1 is 1.45 bits per heavy atom. The number of carbonyl (C=O) groups is 1. The molecule has 3 nitrogen and oxygen atoms in total. The van der Waals surface area contributed by atoms with Crippen LogP contribution in [0.4, 0.5) is 0 Å². The highest BCUT2D eigenvalue weighted by Crippen LogP contribution is 2.50. The van der Waals surface area contributed by atoms with E-state index >= 15 is 0 Å². The highest BCUT2D eigenvalue weighted by molar-refractivity contribution is 5.91. The van der Waals surface area contributed by atoms with Crippen molar-refractivity contribution in [3.63, 3.8) is 0 Å². The van der Waals surface area contributed by atoms with Crippen molar-refractivity contribution in [3.8, 4) is 0 Å². The topological polar surface area (TPSA) is 38.8 Å². The molecule has 0 amide bonds. The molecule has 4 unspecified atom stereocenters. The van der Waals surface area contributed by atoms with Crippen molar-refractivity contribution in [3.05, 3.63) is 12.2 Å². The van der Waals surface area contributed by atoms with E-state index in [4.69, 9.17) is 9.47 Å². The molecule has 0 spiro atoms. The van der Waals surface area contributed by atoms with Crippen LogP contribution in [0.1, 0.15) is 6.42 Å². The van der Waals surface area contributed by atoms with Crippen molar-refractivity contribution >= 4 is 5.97 Å². The molecule has 58 valence electrons. The van der Waals surface area contributed by atoms with Crippen LogP contribution in [0.2, 0.25) is 0 Å². The summed E-state index contributed by atoms with van der Waals surface area (Å²) in [6, 6.07) is 0. The summed E-state index contributed by atoms with van der Waals surface area (Å²) in [5.41, 5.74) is 0.644. The summed E-state index contributed by atoms with van der Waals surface area (Å²) in [5, 5.41) is 0. The number of rotatable bonds is 0. The molecule has 3 fully saturated rings. The molecule has 11 heavy (non-hydrogen) atoms. The van der Waals surface area contributed by atoms with Gasteiger partial charge in [-0.3, -0.25) is 0 Å². The van der Waals surface area contributed by atoms with Gasteiger partial charge in [0.25, 0.3) is 0 Å². The van der Waals surface area contributed by atoms with E-state index in [0.29, 0.717) is 11.7 Å². The maximum Gasteiger partial charge on any atom is 0.334 e. The van der Waals surface area contributed by atoms with Gasteiger partial charge in [0.05, 0.1) is 6.10 Å². The Kier molecular flexibility index (Phi) is 0.790. The van der Waals surface area contributed by atoms with Gasteiger partial charge in [0.15, 0.2) is 0 Å². The lowest BCUT2D eigenvalue weighted by molar-refractivity contribution is -0.139. The number of esters is 1. The van der Waals surface area contributed by atoms with Crippen molar-refractivity contribution in [1.82, 2.24) is 0 Å². The molecule has 3 heteroatoms. The molecule has 1 saturated carbocycles. The molecule has 1 aliphatic carbocycles. The lowest BCUT2D eigenvalue weighted by atomic mass is 9.99. The molecule has 0 aromatic rings. The molecule has 3 aliphatic rings. The molecule has 2 saturated heterocycles. The van der Waals surface area contributed by atoms with Crippen LogP contribution in [0.3, 0.4) is 0 Å². The van der Waals surface area contributed by atoms with Crippen molar-refractivity contribution < 1.29 is 14.3 Å². The molecule has 2 heterocycles. The summed E-state index contributed by atoms with van der Waals surface area (Å²) in [6.45, 7) is 3.70. The Labute approximate surface area is 64.0 Å². The number of epoxide rings is 1. The van der Waals surface area contributed by atoms with Crippen LogP contribution >= 0.6 is 0 Å². The summed E-state index contributed by atoms with van der Waals surface area (Å²) in [4.78, 5) is 11.0. The fourth-order valence-electron chi connectivity index (χ4n) is 2.09. The predicted molar refractivity (Wildman–Crippen MR) is 35.8 cm³/mol. The SMILES string of the molecule is C=C1C(=O)OC2C1CC1OC12. The maximum atomic E-state index is 11.0. The van der Waals surface area contributed by atoms with Gasteiger partial charge in [0.1, 0.15) is 12.2 Å². The maximum absolute atomic E-state index is 11.0. The third kappa shape index (κ3) is 0.554. The molecular formula is C8H8O3. The second-order valence-corrected chi connectivity index (χ2v) is 3.38. The largest absolute Gasteiger partial charge is 0.455 e. The van der Waals surface area contributed by atoms with E-state index in [-0.39, 0.29) is 24.1 Å². The Morgan fingerprint density at radius 3 is 3.00 bits per heavy atom. The molecule has 0 N–H and O–H groups in total. The van der Waals surface area contributed by atoms with E-state index in [0.717, 1.165) is 6.42 Å². The highest BCUT2D eigenvalue weighted by Gasteiger charge is 2.61. The highest BCUT2D eigenvalue weighted by atomic mass is 16.6. The molecule has 0 aromatic carbocycles. The van der Waals surface area contributed by atoms with Crippen LogP contribution in [0.25, 0.3) is 0 Å². The van der Waals surface area contributed by atoms with E-state index in [1.807, 2.05) is 0 Å². The second-order valence-electron chi connectivity index (χ2n) is 3.38. The Hall–Kier alpha value is -0.830. The summed E-state index contributed by atoms with van der Waals surface area (Å²) in [7, 11) is 0. The molecule has 0 aromatic heterocycles. The Morgan fingerprint density at radius 2 is 2.27 bits per heavy atom. The van der Waals surface area contributed by atoms with Crippen LogP contribution in [0.5, 0.6) is 0 Å². The number of carbonyl (C=O) groups excluding carboxylic acids is 1. The lowest BCUT2D eigenvalue weighted by Crippen LogP contribution is -2.17. The summed E-state index contributed by atoms with van der Waals surface area (Å²) in [5.74, 6) is 0.0280. The molecule has 4 atom stereocenters. The minimum absolute atomic E-state index is 0.000000000000000222. The number of ether oxygens (including phenoxy) is 2. The molecule has 0 radical (unpaired) electrons. The van der Waals surface area contributed by atoms with Crippen LogP contribution in [-0.4, -0.2) is 24.3 Å².